The summed E-state index contributed by atoms with van der Waals surface area (Å²) in [5.74, 6) is 0. The molecule has 2 rings (SSSR count). The number of allylic oxidation sites excluding steroid dienone is 2. The minimum Gasteiger partial charge on any atom is -0.395 e. The van der Waals surface area contributed by atoms with Crippen molar-refractivity contribution in [1.82, 2.24) is 4.90 Å². The van der Waals surface area contributed by atoms with Crippen molar-refractivity contribution in [2.45, 2.75) is 32.4 Å². The van der Waals surface area contributed by atoms with Gasteiger partial charge in [-0.15, -0.1) is 0 Å². The first kappa shape index (κ1) is 16.9. The van der Waals surface area contributed by atoms with Gasteiger partial charge in [0.2, 0.25) is 0 Å². The summed E-state index contributed by atoms with van der Waals surface area (Å²) in [4.78, 5) is 2.19. The lowest BCUT2D eigenvalue weighted by atomic mass is 9.70. The highest BCUT2D eigenvalue weighted by Crippen LogP contribution is 2.38. The lowest BCUT2D eigenvalue weighted by molar-refractivity contribution is -0.0150. The molecule has 1 aromatic carbocycles. The largest absolute Gasteiger partial charge is 0.395 e. The number of hydrogen-bond donors (Lipinski definition) is 2. The molecule has 1 aliphatic carbocycles. The van der Waals surface area contributed by atoms with Crippen LogP contribution in [0.15, 0.2) is 54.6 Å². The summed E-state index contributed by atoms with van der Waals surface area (Å²) in [6.45, 7) is 6.39. The van der Waals surface area contributed by atoms with Crippen molar-refractivity contribution >= 4 is 0 Å². The van der Waals surface area contributed by atoms with E-state index in [1.54, 1.807) is 0 Å². The molecule has 3 heteroatoms. The molecule has 0 saturated carbocycles. The Morgan fingerprint density at radius 3 is 2.32 bits per heavy atom. The van der Waals surface area contributed by atoms with Crippen LogP contribution in [0.1, 0.15) is 25.8 Å². The van der Waals surface area contributed by atoms with Crippen molar-refractivity contribution in [1.29, 1.82) is 0 Å². The molecule has 0 spiro atoms. The predicted octanol–water partition coefficient (Wildman–Crippen LogP) is 2.75. The molecule has 3 nitrogen and oxygen atoms in total. The number of hydrogen-bond acceptors (Lipinski definition) is 3. The third kappa shape index (κ3) is 4.07. The SMILES string of the molecule is CC1(C)C=CC=CC1(O)CCN(CCO)Cc1ccccc1. The molecule has 0 bridgehead atoms. The Hall–Kier alpha value is -1.42. The fraction of sp³-hybridized carbons (Fsp3) is 0.474. The summed E-state index contributed by atoms with van der Waals surface area (Å²) >= 11 is 0. The Morgan fingerprint density at radius 2 is 1.68 bits per heavy atom. The lowest BCUT2D eigenvalue weighted by Crippen LogP contribution is -2.45. The minimum atomic E-state index is -0.841. The van der Waals surface area contributed by atoms with E-state index in [-0.39, 0.29) is 12.0 Å². The van der Waals surface area contributed by atoms with Crippen molar-refractivity contribution < 1.29 is 10.2 Å². The minimum absolute atomic E-state index is 0.129. The third-order valence-corrected chi connectivity index (χ3v) is 4.59. The average molecular weight is 301 g/mol. The Balaban J connectivity index is 2.00. The first-order valence-electron chi connectivity index (χ1n) is 7.93. The average Bonchev–Trinajstić information content (AvgIpc) is 2.49. The molecule has 1 aromatic rings. The van der Waals surface area contributed by atoms with Gasteiger partial charge in [0, 0.05) is 25.0 Å². The van der Waals surface area contributed by atoms with Crippen LogP contribution in [-0.4, -0.2) is 40.4 Å². The van der Waals surface area contributed by atoms with Crippen LogP contribution < -0.4 is 0 Å². The smallest absolute Gasteiger partial charge is 0.0927 e. The van der Waals surface area contributed by atoms with Gasteiger partial charge in [-0.3, -0.25) is 4.90 Å². The Bertz CT molecular complexity index is 521. The second kappa shape index (κ2) is 7.23. The second-order valence-corrected chi connectivity index (χ2v) is 6.60. The van der Waals surface area contributed by atoms with Crippen LogP contribution in [0.5, 0.6) is 0 Å². The van der Waals surface area contributed by atoms with Gasteiger partial charge < -0.3 is 10.2 Å². The summed E-state index contributed by atoms with van der Waals surface area (Å²) in [7, 11) is 0. The van der Waals surface area contributed by atoms with E-state index >= 15 is 0 Å². The molecule has 22 heavy (non-hydrogen) atoms. The molecule has 0 heterocycles. The first-order valence-corrected chi connectivity index (χ1v) is 7.93. The molecule has 1 aliphatic rings. The van der Waals surface area contributed by atoms with E-state index in [2.05, 4.69) is 37.0 Å². The summed E-state index contributed by atoms with van der Waals surface area (Å²) < 4.78 is 0. The first-order chi connectivity index (χ1) is 10.5. The summed E-state index contributed by atoms with van der Waals surface area (Å²) in [6, 6.07) is 10.2. The van der Waals surface area contributed by atoms with Gasteiger partial charge in [0.15, 0.2) is 0 Å². The molecule has 0 saturated heterocycles. The fourth-order valence-corrected chi connectivity index (χ4v) is 2.86. The Morgan fingerprint density at radius 1 is 1.00 bits per heavy atom. The molecular weight excluding hydrogens is 274 g/mol. The highest BCUT2D eigenvalue weighted by molar-refractivity contribution is 5.25. The van der Waals surface area contributed by atoms with E-state index in [9.17, 15) is 10.2 Å². The van der Waals surface area contributed by atoms with Crippen LogP contribution in [0.3, 0.4) is 0 Å². The van der Waals surface area contributed by atoms with Crippen LogP contribution in [-0.2, 0) is 6.54 Å². The van der Waals surface area contributed by atoms with E-state index in [0.29, 0.717) is 13.0 Å². The molecule has 0 aromatic heterocycles. The molecular formula is C19H27NO2. The number of aliphatic hydroxyl groups excluding tert-OH is 1. The summed E-state index contributed by atoms with van der Waals surface area (Å²) in [6.07, 6.45) is 8.50. The zero-order valence-corrected chi connectivity index (χ0v) is 13.6. The zero-order chi connectivity index (χ0) is 16.1. The van der Waals surface area contributed by atoms with Crippen molar-refractivity contribution in [2.75, 3.05) is 19.7 Å². The van der Waals surface area contributed by atoms with Gasteiger partial charge in [-0.25, -0.2) is 0 Å². The van der Waals surface area contributed by atoms with Gasteiger partial charge in [-0.1, -0.05) is 68.5 Å². The van der Waals surface area contributed by atoms with Crippen molar-refractivity contribution in [2.24, 2.45) is 5.41 Å². The molecule has 1 unspecified atom stereocenters. The van der Waals surface area contributed by atoms with E-state index in [1.807, 2.05) is 36.4 Å². The van der Waals surface area contributed by atoms with Crippen molar-refractivity contribution in [3.63, 3.8) is 0 Å². The standard InChI is InChI=1S/C19H27NO2/c1-18(2)10-6-7-11-19(18,22)12-13-20(14-15-21)16-17-8-4-3-5-9-17/h3-11,21-22H,12-16H2,1-2H3. The molecule has 1 atom stereocenters. The van der Waals surface area contributed by atoms with Crippen molar-refractivity contribution in [3.05, 3.63) is 60.2 Å². The molecule has 0 aliphatic heterocycles. The lowest BCUT2D eigenvalue weighted by Gasteiger charge is -2.41. The van der Waals surface area contributed by atoms with Crippen LogP contribution >= 0.6 is 0 Å². The highest BCUT2D eigenvalue weighted by Gasteiger charge is 2.40. The van der Waals surface area contributed by atoms with Gasteiger partial charge >= 0.3 is 0 Å². The summed E-state index contributed by atoms with van der Waals surface area (Å²) in [5, 5.41) is 20.2. The molecule has 120 valence electrons. The quantitative estimate of drug-likeness (QED) is 0.814. The third-order valence-electron chi connectivity index (χ3n) is 4.59. The van der Waals surface area contributed by atoms with E-state index < -0.39 is 5.60 Å². The number of benzene rings is 1. The van der Waals surface area contributed by atoms with E-state index in [0.717, 1.165) is 13.1 Å². The molecule has 0 radical (unpaired) electrons. The van der Waals surface area contributed by atoms with Gasteiger partial charge in [-0.05, 0) is 12.0 Å². The maximum Gasteiger partial charge on any atom is 0.0927 e. The van der Waals surface area contributed by atoms with Crippen LogP contribution in [0.2, 0.25) is 0 Å². The number of rotatable bonds is 7. The Labute approximate surface area is 133 Å². The van der Waals surface area contributed by atoms with Gasteiger partial charge in [0.1, 0.15) is 0 Å². The summed E-state index contributed by atoms with van der Waals surface area (Å²) in [5.41, 5.74) is 0.104. The normalized spacial score (nSPS) is 23.1. The zero-order valence-electron chi connectivity index (χ0n) is 13.6. The number of nitrogens with zero attached hydrogens (tertiary/aromatic N) is 1. The van der Waals surface area contributed by atoms with Gasteiger partial charge in [-0.2, -0.15) is 0 Å². The molecule has 0 amide bonds. The maximum absolute atomic E-state index is 11.0. The molecule has 0 fully saturated rings. The van der Waals surface area contributed by atoms with E-state index in [4.69, 9.17) is 0 Å². The van der Waals surface area contributed by atoms with Gasteiger partial charge in [0.25, 0.3) is 0 Å². The molecule has 2 N–H and O–H groups in total. The van der Waals surface area contributed by atoms with Crippen LogP contribution in [0, 0.1) is 5.41 Å². The second-order valence-electron chi connectivity index (χ2n) is 6.60. The van der Waals surface area contributed by atoms with E-state index in [1.165, 1.54) is 5.56 Å². The topological polar surface area (TPSA) is 43.7 Å². The predicted molar refractivity (Wildman–Crippen MR) is 90.4 cm³/mol. The maximum atomic E-state index is 11.0. The van der Waals surface area contributed by atoms with Gasteiger partial charge in [0.05, 0.1) is 12.2 Å². The van der Waals surface area contributed by atoms with Crippen LogP contribution in [0.25, 0.3) is 0 Å². The number of aliphatic hydroxyl groups is 2. The van der Waals surface area contributed by atoms with Crippen molar-refractivity contribution in [3.8, 4) is 0 Å². The Kier molecular flexibility index (Phi) is 5.57. The highest BCUT2D eigenvalue weighted by atomic mass is 16.3. The van der Waals surface area contributed by atoms with Crippen LogP contribution in [0.4, 0.5) is 0 Å². The fourth-order valence-electron chi connectivity index (χ4n) is 2.86. The monoisotopic (exact) mass is 301 g/mol.